The molecule has 0 amide bonds. The Hall–Kier alpha value is -0.730. The van der Waals surface area contributed by atoms with E-state index in [1.54, 1.807) is 13.0 Å². The van der Waals surface area contributed by atoms with Gasteiger partial charge in [0.25, 0.3) is 0 Å². The van der Waals surface area contributed by atoms with Gasteiger partial charge in [0, 0.05) is 15.6 Å². The fourth-order valence-electron chi connectivity index (χ4n) is 1.23. The number of halogens is 2. The van der Waals surface area contributed by atoms with Crippen LogP contribution in [0.2, 0.25) is 10.0 Å². The van der Waals surface area contributed by atoms with Crippen molar-refractivity contribution in [2.75, 3.05) is 6.61 Å². The Morgan fingerprint density at radius 2 is 2.07 bits per heavy atom. The van der Waals surface area contributed by atoms with Gasteiger partial charge in [0.05, 0.1) is 13.0 Å². The van der Waals surface area contributed by atoms with E-state index >= 15 is 0 Å². The fraction of sp³-hybridized carbons (Fsp3) is 0.364. The van der Waals surface area contributed by atoms with Crippen LogP contribution in [-0.2, 0) is 16.0 Å². The molecule has 1 aromatic rings. The number of benzene rings is 1. The van der Waals surface area contributed by atoms with E-state index in [9.17, 15) is 4.79 Å². The van der Waals surface area contributed by atoms with Gasteiger partial charge >= 0.3 is 5.97 Å². The lowest BCUT2D eigenvalue weighted by atomic mass is 10.1. The highest BCUT2D eigenvalue weighted by Crippen LogP contribution is 2.28. The molecule has 0 saturated heterocycles. The Labute approximate surface area is 99.1 Å². The molecule has 0 radical (unpaired) electrons. The van der Waals surface area contributed by atoms with E-state index in [4.69, 9.17) is 27.9 Å². The number of ether oxygens (including phenoxy) is 1. The van der Waals surface area contributed by atoms with Crippen LogP contribution in [0.25, 0.3) is 0 Å². The molecule has 1 rings (SSSR count). The third kappa shape index (κ3) is 3.11. The van der Waals surface area contributed by atoms with E-state index in [1.807, 2.05) is 13.0 Å². The molecule has 0 heterocycles. The minimum absolute atomic E-state index is 0.118. The highest BCUT2D eigenvalue weighted by molar-refractivity contribution is 6.36. The number of rotatable bonds is 3. The minimum atomic E-state index is -0.313. The lowest BCUT2D eigenvalue weighted by Gasteiger charge is -2.08. The topological polar surface area (TPSA) is 26.3 Å². The third-order valence-electron chi connectivity index (χ3n) is 2.01. The van der Waals surface area contributed by atoms with Crippen molar-refractivity contribution >= 4 is 29.2 Å². The molecule has 2 nitrogen and oxygen atoms in total. The van der Waals surface area contributed by atoms with Crippen molar-refractivity contribution in [1.29, 1.82) is 0 Å². The second-order valence-electron chi connectivity index (χ2n) is 3.14. The zero-order valence-electron chi connectivity index (χ0n) is 8.64. The number of hydrogen-bond donors (Lipinski definition) is 0. The predicted octanol–water partition coefficient (Wildman–Crippen LogP) is 3.41. The molecule has 0 spiro atoms. The lowest BCUT2D eigenvalue weighted by molar-refractivity contribution is -0.142. The van der Waals surface area contributed by atoms with Crippen LogP contribution < -0.4 is 0 Å². The Morgan fingerprint density at radius 3 is 2.67 bits per heavy atom. The zero-order valence-corrected chi connectivity index (χ0v) is 10.2. The number of hydrogen-bond acceptors (Lipinski definition) is 2. The molecule has 15 heavy (non-hydrogen) atoms. The van der Waals surface area contributed by atoms with Crippen molar-refractivity contribution in [2.45, 2.75) is 20.3 Å². The first-order valence-electron chi connectivity index (χ1n) is 4.65. The monoisotopic (exact) mass is 246 g/mol. The van der Waals surface area contributed by atoms with Crippen molar-refractivity contribution in [3.63, 3.8) is 0 Å². The zero-order chi connectivity index (χ0) is 11.4. The highest BCUT2D eigenvalue weighted by Gasteiger charge is 2.13. The first kappa shape index (κ1) is 12.3. The van der Waals surface area contributed by atoms with Crippen molar-refractivity contribution < 1.29 is 9.53 Å². The van der Waals surface area contributed by atoms with E-state index in [-0.39, 0.29) is 12.4 Å². The molecular formula is C11H12Cl2O2. The van der Waals surface area contributed by atoms with Crippen molar-refractivity contribution in [1.82, 2.24) is 0 Å². The Kier molecular flexibility index (Phi) is 4.43. The van der Waals surface area contributed by atoms with Gasteiger partial charge in [-0.3, -0.25) is 4.79 Å². The van der Waals surface area contributed by atoms with Crippen LogP contribution in [0, 0.1) is 6.92 Å². The first-order chi connectivity index (χ1) is 7.06. The molecule has 0 atom stereocenters. The standard InChI is InChI=1S/C11H12Cl2O2/c1-3-15-10(14)6-8-9(12)5-4-7(2)11(8)13/h4-5H,3,6H2,1-2H3. The van der Waals surface area contributed by atoms with Gasteiger partial charge in [-0.2, -0.15) is 0 Å². The lowest BCUT2D eigenvalue weighted by Crippen LogP contribution is -2.08. The molecule has 0 aliphatic carbocycles. The van der Waals surface area contributed by atoms with Crippen LogP contribution in [-0.4, -0.2) is 12.6 Å². The van der Waals surface area contributed by atoms with Crippen molar-refractivity contribution in [3.05, 3.63) is 33.3 Å². The predicted molar refractivity (Wildman–Crippen MR) is 61.5 cm³/mol. The molecular weight excluding hydrogens is 235 g/mol. The van der Waals surface area contributed by atoms with Gasteiger partial charge in [-0.05, 0) is 25.5 Å². The van der Waals surface area contributed by atoms with Gasteiger partial charge in [-0.15, -0.1) is 0 Å². The number of carbonyl (C=O) groups excluding carboxylic acids is 1. The Morgan fingerprint density at radius 1 is 1.40 bits per heavy atom. The van der Waals surface area contributed by atoms with Gasteiger partial charge in [0.15, 0.2) is 0 Å². The van der Waals surface area contributed by atoms with E-state index < -0.39 is 0 Å². The van der Waals surface area contributed by atoms with Gasteiger partial charge in [-0.25, -0.2) is 0 Å². The van der Waals surface area contributed by atoms with E-state index in [0.717, 1.165) is 5.56 Å². The van der Waals surface area contributed by atoms with Gasteiger partial charge < -0.3 is 4.74 Å². The molecule has 0 N–H and O–H groups in total. The van der Waals surface area contributed by atoms with Crippen LogP contribution >= 0.6 is 23.2 Å². The fourth-order valence-corrected chi connectivity index (χ4v) is 1.74. The van der Waals surface area contributed by atoms with Crippen LogP contribution in [0.15, 0.2) is 12.1 Å². The van der Waals surface area contributed by atoms with Gasteiger partial charge in [0.2, 0.25) is 0 Å². The van der Waals surface area contributed by atoms with Crippen molar-refractivity contribution in [2.24, 2.45) is 0 Å². The minimum Gasteiger partial charge on any atom is -0.466 e. The molecule has 0 unspecified atom stereocenters. The smallest absolute Gasteiger partial charge is 0.310 e. The summed E-state index contributed by atoms with van der Waals surface area (Å²) in [5, 5.41) is 1.04. The molecule has 0 aliphatic heterocycles. The Bertz CT molecular complexity index is 375. The molecule has 1 aromatic carbocycles. The summed E-state index contributed by atoms with van der Waals surface area (Å²) < 4.78 is 4.84. The number of carbonyl (C=O) groups is 1. The second-order valence-corrected chi connectivity index (χ2v) is 3.92. The summed E-state index contributed by atoms with van der Waals surface area (Å²) in [7, 11) is 0. The molecule has 82 valence electrons. The molecule has 0 saturated carbocycles. The second kappa shape index (κ2) is 5.38. The van der Waals surface area contributed by atoms with Crippen molar-refractivity contribution in [3.8, 4) is 0 Å². The summed E-state index contributed by atoms with van der Waals surface area (Å²) in [4.78, 5) is 11.3. The maximum absolute atomic E-state index is 11.3. The maximum Gasteiger partial charge on any atom is 0.310 e. The summed E-state index contributed by atoms with van der Waals surface area (Å²) in [6.07, 6.45) is 0.118. The summed E-state index contributed by atoms with van der Waals surface area (Å²) in [5.74, 6) is -0.313. The molecule has 0 aliphatic rings. The van der Waals surface area contributed by atoms with Crippen LogP contribution in [0.1, 0.15) is 18.1 Å². The SMILES string of the molecule is CCOC(=O)Cc1c(Cl)ccc(C)c1Cl. The third-order valence-corrected chi connectivity index (χ3v) is 2.89. The van der Waals surface area contributed by atoms with Crippen LogP contribution in [0.4, 0.5) is 0 Å². The average molecular weight is 247 g/mol. The quantitative estimate of drug-likeness (QED) is 0.765. The summed E-state index contributed by atoms with van der Waals surface area (Å²) in [6.45, 7) is 3.99. The van der Waals surface area contributed by atoms with Crippen LogP contribution in [0.5, 0.6) is 0 Å². The molecule has 0 aromatic heterocycles. The number of aryl methyl sites for hydroxylation is 1. The summed E-state index contributed by atoms with van der Waals surface area (Å²) in [6, 6.07) is 3.55. The average Bonchev–Trinajstić information content (AvgIpc) is 2.19. The van der Waals surface area contributed by atoms with E-state index in [1.165, 1.54) is 0 Å². The largest absolute Gasteiger partial charge is 0.466 e. The molecule has 0 fully saturated rings. The molecule has 4 heteroatoms. The van der Waals surface area contributed by atoms with E-state index in [2.05, 4.69) is 0 Å². The summed E-state index contributed by atoms with van der Waals surface area (Å²) >= 11 is 12.0. The van der Waals surface area contributed by atoms with Gasteiger partial charge in [-0.1, -0.05) is 29.3 Å². The number of esters is 1. The van der Waals surface area contributed by atoms with Gasteiger partial charge in [0.1, 0.15) is 0 Å². The molecule has 0 bridgehead atoms. The maximum atomic E-state index is 11.3. The van der Waals surface area contributed by atoms with E-state index in [0.29, 0.717) is 22.2 Å². The van der Waals surface area contributed by atoms with Crippen LogP contribution in [0.3, 0.4) is 0 Å². The highest BCUT2D eigenvalue weighted by atomic mass is 35.5. The normalized spacial score (nSPS) is 10.1. The Balaban J connectivity index is 2.93. The summed E-state index contributed by atoms with van der Waals surface area (Å²) in [5.41, 5.74) is 1.54. The first-order valence-corrected chi connectivity index (χ1v) is 5.41.